The molecule has 1 aromatic rings. The van der Waals surface area contributed by atoms with Crippen LogP contribution in [0, 0.1) is 9.52 Å². The van der Waals surface area contributed by atoms with E-state index >= 15 is 0 Å². The van der Waals surface area contributed by atoms with Crippen LogP contribution in [0.1, 0.15) is 0 Å². The lowest BCUT2D eigenvalue weighted by atomic mass is 10.5. The fourth-order valence-corrected chi connectivity index (χ4v) is 3.08. The first-order valence-electron chi connectivity index (χ1n) is 2.67. The zero-order valence-corrected chi connectivity index (χ0v) is 9.19. The normalized spacial score (nSPS) is 11.6. The van der Waals surface area contributed by atoms with Crippen LogP contribution in [0.4, 0.5) is 4.39 Å². The Morgan fingerprint density at radius 2 is 2.17 bits per heavy atom. The Morgan fingerprint density at radius 1 is 1.58 bits per heavy atom. The Labute approximate surface area is 86.5 Å². The molecule has 1 rings (SSSR count). The standard InChI is InChI=1S/C5H2ClFINO2S/c6-12(10,11)3-1-2-9-5(7)4(3)8/h1-2H. The Bertz CT molecular complexity index is 408. The van der Waals surface area contributed by atoms with Crippen molar-refractivity contribution >= 4 is 42.3 Å². The molecule has 7 heteroatoms. The summed E-state index contributed by atoms with van der Waals surface area (Å²) in [5.41, 5.74) is 0. The van der Waals surface area contributed by atoms with Crippen molar-refractivity contribution in [1.82, 2.24) is 4.98 Å². The molecule has 3 nitrogen and oxygen atoms in total. The number of nitrogens with zero attached hydrogens (tertiary/aromatic N) is 1. The Hall–Kier alpha value is 0.0500. The SMILES string of the molecule is O=S(=O)(Cl)c1ccnc(F)c1I. The van der Waals surface area contributed by atoms with Gasteiger partial charge in [0, 0.05) is 16.9 Å². The molecule has 0 aliphatic carbocycles. The van der Waals surface area contributed by atoms with E-state index in [0.717, 1.165) is 12.3 Å². The first-order valence-corrected chi connectivity index (χ1v) is 6.06. The van der Waals surface area contributed by atoms with Crippen LogP contribution in [0.2, 0.25) is 0 Å². The second-order valence-corrected chi connectivity index (χ2v) is 5.46. The van der Waals surface area contributed by atoms with E-state index in [1.807, 2.05) is 0 Å². The summed E-state index contributed by atoms with van der Waals surface area (Å²) in [6, 6.07) is 1.15. The largest absolute Gasteiger partial charge is 0.262 e. The summed E-state index contributed by atoms with van der Waals surface area (Å²) in [6.45, 7) is 0. The fourth-order valence-electron chi connectivity index (χ4n) is 0.590. The Balaban J connectivity index is 3.47. The minimum absolute atomic E-state index is 0.0925. The third-order valence-electron chi connectivity index (χ3n) is 1.07. The first-order chi connectivity index (χ1) is 5.43. The minimum Gasteiger partial charge on any atom is -0.227 e. The molecule has 0 bridgehead atoms. The lowest BCUT2D eigenvalue weighted by Gasteiger charge is -1.98. The van der Waals surface area contributed by atoms with Crippen molar-refractivity contribution in [3.63, 3.8) is 0 Å². The summed E-state index contributed by atoms with van der Waals surface area (Å²) in [6.07, 6.45) is 1.05. The van der Waals surface area contributed by atoms with Crippen molar-refractivity contribution in [2.45, 2.75) is 4.90 Å². The Kier molecular flexibility index (Phi) is 2.89. The lowest BCUT2D eigenvalue weighted by molar-refractivity contribution is 0.565. The third-order valence-corrected chi connectivity index (χ3v) is 3.83. The van der Waals surface area contributed by atoms with E-state index in [4.69, 9.17) is 10.7 Å². The van der Waals surface area contributed by atoms with E-state index in [9.17, 15) is 12.8 Å². The van der Waals surface area contributed by atoms with Gasteiger partial charge in [-0.2, -0.15) is 4.39 Å². The maximum absolute atomic E-state index is 12.7. The van der Waals surface area contributed by atoms with Gasteiger partial charge in [0.1, 0.15) is 4.90 Å². The average Bonchev–Trinajstić information content (AvgIpc) is 1.92. The van der Waals surface area contributed by atoms with Gasteiger partial charge in [0.15, 0.2) is 0 Å². The molecular formula is C5H2ClFINO2S. The van der Waals surface area contributed by atoms with Crippen LogP contribution in [0.3, 0.4) is 0 Å². The monoisotopic (exact) mass is 321 g/mol. The van der Waals surface area contributed by atoms with E-state index < -0.39 is 15.0 Å². The van der Waals surface area contributed by atoms with Gasteiger partial charge in [-0.1, -0.05) is 0 Å². The van der Waals surface area contributed by atoms with Crippen LogP contribution in [0.5, 0.6) is 0 Å². The molecule has 1 heterocycles. The van der Waals surface area contributed by atoms with Crippen molar-refractivity contribution in [2.24, 2.45) is 0 Å². The topological polar surface area (TPSA) is 47.0 Å². The maximum Gasteiger partial charge on any atom is 0.262 e. The highest BCUT2D eigenvalue weighted by Gasteiger charge is 2.17. The molecule has 12 heavy (non-hydrogen) atoms. The summed E-state index contributed by atoms with van der Waals surface area (Å²) in [5, 5.41) is 0. The number of hydrogen-bond donors (Lipinski definition) is 0. The van der Waals surface area contributed by atoms with Gasteiger partial charge in [0.2, 0.25) is 5.95 Å². The molecule has 0 aliphatic rings. The molecule has 0 N–H and O–H groups in total. The molecule has 0 fully saturated rings. The molecule has 0 radical (unpaired) electrons. The molecular weight excluding hydrogens is 319 g/mol. The summed E-state index contributed by atoms with van der Waals surface area (Å²) < 4.78 is 34.1. The van der Waals surface area contributed by atoms with Crippen molar-refractivity contribution < 1.29 is 12.8 Å². The Morgan fingerprint density at radius 3 is 2.58 bits per heavy atom. The molecule has 0 saturated carbocycles. The van der Waals surface area contributed by atoms with Gasteiger partial charge in [0.25, 0.3) is 9.05 Å². The van der Waals surface area contributed by atoms with E-state index in [0.29, 0.717) is 0 Å². The molecule has 0 saturated heterocycles. The fraction of sp³-hybridized carbons (Fsp3) is 0. The average molecular weight is 321 g/mol. The van der Waals surface area contributed by atoms with Gasteiger partial charge in [0.05, 0.1) is 3.57 Å². The molecule has 66 valence electrons. The van der Waals surface area contributed by atoms with Gasteiger partial charge in [-0.3, -0.25) is 0 Å². The quantitative estimate of drug-likeness (QED) is 0.450. The van der Waals surface area contributed by atoms with E-state index in [2.05, 4.69) is 4.98 Å². The van der Waals surface area contributed by atoms with Crippen molar-refractivity contribution in [3.8, 4) is 0 Å². The van der Waals surface area contributed by atoms with Crippen molar-refractivity contribution in [3.05, 3.63) is 21.8 Å². The molecule has 0 aliphatic heterocycles. The summed E-state index contributed by atoms with van der Waals surface area (Å²) in [5.74, 6) is -0.836. The maximum atomic E-state index is 12.7. The van der Waals surface area contributed by atoms with Crippen LogP contribution in [-0.4, -0.2) is 13.4 Å². The molecule has 1 aromatic heterocycles. The highest BCUT2D eigenvalue weighted by molar-refractivity contribution is 14.1. The number of halogens is 3. The number of aromatic nitrogens is 1. The van der Waals surface area contributed by atoms with Crippen LogP contribution in [0.15, 0.2) is 17.2 Å². The van der Waals surface area contributed by atoms with Gasteiger partial charge < -0.3 is 0 Å². The van der Waals surface area contributed by atoms with Crippen molar-refractivity contribution in [2.75, 3.05) is 0 Å². The molecule has 0 spiro atoms. The van der Waals surface area contributed by atoms with Crippen molar-refractivity contribution in [1.29, 1.82) is 0 Å². The summed E-state index contributed by atoms with van der Waals surface area (Å²) >= 11 is 1.53. The van der Waals surface area contributed by atoms with Crippen LogP contribution < -0.4 is 0 Å². The number of rotatable bonds is 1. The first kappa shape index (κ1) is 10.1. The van der Waals surface area contributed by atoms with E-state index in [-0.39, 0.29) is 8.47 Å². The zero-order valence-electron chi connectivity index (χ0n) is 5.46. The van der Waals surface area contributed by atoms with Gasteiger partial charge >= 0.3 is 0 Å². The summed E-state index contributed by atoms with van der Waals surface area (Å²) in [4.78, 5) is 3.00. The van der Waals surface area contributed by atoms with Crippen LogP contribution in [0.25, 0.3) is 0 Å². The zero-order chi connectivity index (χ0) is 9.35. The minimum atomic E-state index is -3.87. The number of pyridine rings is 1. The smallest absolute Gasteiger partial charge is 0.227 e. The van der Waals surface area contributed by atoms with Gasteiger partial charge in [-0.25, -0.2) is 13.4 Å². The molecule has 0 unspecified atom stereocenters. The van der Waals surface area contributed by atoms with E-state index in [1.165, 1.54) is 22.6 Å². The second kappa shape index (κ2) is 3.43. The van der Waals surface area contributed by atoms with Crippen LogP contribution >= 0.6 is 33.3 Å². The predicted octanol–water partition coefficient (Wildman–Crippen LogP) is 1.75. The molecule has 0 amide bonds. The van der Waals surface area contributed by atoms with Crippen LogP contribution in [-0.2, 0) is 9.05 Å². The summed E-state index contributed by atoms with van der Waals surface area (Å²) in [7, 11) is 1.14. The van der Waals surface area contributed by atoms with E-state index in [1.54, 1.807) is 0 Å². The highest BCUT2D eigenvalue weighted by atomic mass is 127. The van der Waals surface area contributed by atoms with Gasteiger partial charge in [-0.05, 0) is 28.7 Å². The predicted molar refractivity (Wildman–Crippen MR) is 50.0 cm³/mol. The highest BCUT2D eigenvalue weighted by Crippen LogP contribution is 2.22. The second-order valence-electron chi connectivity index (χ2n) is 1.85. The third kappa shape index (κ3) is 2.05. The molecule has 0 aromatic carbocycles. The van der Waals surface area contributed by atoms with Gasteiger partial charge in [-0.15, -0.1) is 0 Å². The lowest BCUT2D eigenvalue weighted by Crippen LogP contribution is -1.98. The molecule has 0 atom stereocenters. The number of hydrogen-bond acceptors (Lipinski definition) is 3.